The molecule has 0 aliphatic carbocycles. The van der Waals surface area contributed by atoms with E-state index < -0.39 is 0 Å². The fourth-order valence-corrected chi connectivity index (χ4v) is 3.39. The standard InChI is InChI=1S/C27H42N2O2/c1-4-6-7-8-9-10-11-12-13-14-19-30-25-17-15-24(16-18-25)26-20-29-27(21-28-26)31-22-23(3)5-2/h15-18,20-21,23H,4-14,19,22H2,1-3H3/t23-/m0/s1. The highest BCUT2D eigenvalue weighted by molar-refractivity contribution is 5.59. The van der Waals surface area contributed by atoms with Gasteiger partial charge in [-0.1, -0.05) is 85.0 Å². The third-order valence-electron chi connectivity index (χ3n) is 5.76. The average molecular weight is 427 g/mol. The molecule has 1 heterocycles. The third-order valence-corrected chi connectivity index (χ3v) is 5.76. The Morgan fingerprint density at radius 1 is 0.742 bits per heavy atom. The van der Waals surface area contributed by atoms with Crippen molar-refractivity contribution in [1.29, 1.82) is 0 Å². The summed E-state index contributed by atoms with van der Waals surface area (Å²) in [6, 6.07) is 8.11. The molecule has 0 N–H and O–H groups in total. The highest BCUT2D eigenvalue weighted by atomic mass is 16.5. The van der Waals surface area contributed by atoms with E-state index in [0.717, 1.165) is 36.5 Å². The zero-order valence-corrected chi connectivity index (χ0v) is 19.9. The highest BCUT2D eigenvalue weighted by Gasteiger charge is 2.05. The van der Waals surface area contributed by atoms with Crippen molar-refractivity contribution in [2.24, 2.45) is 5.92 Å². The first-order valence-corrected chi connectivity index (χ1v) is 12.4. The molecule has 0 unspecified atom stereocenters. The molecular weight excluding hydrogens is 384 g/mol. The monoisotopic (exact) mass is 426 g/mol. The first-order chi connectivity index (χ1) is 15.2. The number of rotatable bonds is 17. The van der Waals surface area contributed by atoms with Gasteiger partial charge in [-0.25, -0.2) is 9.97 Å². The summed E-state index contributed by atoms with van der Waals surface area (Å²) in [5.41, 5.74) is 1.88. The second-order valence-electron chi connectivity index (χ2n) is 8.62. The Kier molecular flexibility index (Phi) is 12.7. The molecule has 0 bridgehead atoms. The molecule has 0 fully saturated rings. The molecule has 0 aliphatic heterocycles. The van der Waals surface area contributed by atoms with Crippen molar-refractivity contribution in [3.8, 4) is 22.9 Å². The topological polar surface area (TPSA) is 44.2 Å². The normalized spacial score (nSPS) is 12.0. The van der Waals surface area contributed by atoms with Crippen LogP contribution in [-0.2, 0) is 0 Å². The maximum Gasteiger partial charge on any atom is 0.232 e. The molecule has 1 aromatic carbocycles. The minimum atomic E-state index is 0.523. The SMILES string of the molecule is CCCCCCCCCCCCOc1ccc(-c2cnc(OC[C@@H](C)CC)cn2)cc1. The maximum atomic E-state index is 5.90. The van der Waals surface area contributed by atoms with E-state index in [4.69, 9.17) is 9.47 Å². The summed E-state index contributed by atoms with van der Waals surface area (Å²) in [6.07, 6.45) is 18.0. The van der Waals surface area contributed by atoms with Crippen LogP contribution >= 0.6 is 0 Å². The largest absolute Gasteiger partial charge is 0.494 e. The number of aromatic nitrogens is 2. The van der Waals surface area contributed by atoms with E-state index in [9.17, 15) is 0 Å². The number of hydrogen-bond donors (Lipinski definition) is 0. The molecule has 0 saturated carbocycles. The first-order valence-electron chi connectivity index (χ1n) is 12.4. The fraction of sp³-hybridized carbons (Fsp3) is 0.630. The van der Waals surface area contributed by atoms with Gasteiger partial charge in [-0.3, -0.25) is 0 Å². The molecule has 0 aliphatic rings. The summed E-state index contributed by atoms with van der Waals surface area (Å²) in [4.78, 5) is 8.86. The van der Waals surface area contributed by atoms with Gasteiger partial charge in [0.1, 0.15) is 5.75 Å². The molecule has 4 heteroatoms. The summed E-state index contributed by atoms with van der Waals surface area (Å²) in [7, 11) is 0. The van der Waals surface area contributed by atoms with Gasteiger partial charge in [-0.2, -0.15) is 0 Å². The summed E-state index contributed by atoms with van der Waals surface area (Å²) in [6.45, 7) is 8.07. The number of ether oxygens (including phenoxy) is 2. The zero-order valence-electron chi connectivity index (χ0n) is 19.9. The lowest BCUT2D eigenvalue weighted by Crippen LogP contribution is -2.08. The summed E-state index contributed by atoms with van der Waals surface area (Å²) in [5.74, 6) is 2.02. The Bertz CT molecular complexity index is 685. The van der Waals surface area contributed by atoms with Gasteiger partial charge in [0.15, 0.2) is 0 Å². The predicted octanol–water partition coefficient (Wildman–Crippen LogP) is 7.87. The van der Waals surface area contributed by atoms with Crippen LogP contribution in [0.15, 0.2) is 36.7 Å². The van der Waals surface area contributed by atoms with Crippen LogP contribution in [0.5, 0.6) is 11.6 Å². The van der Waals surface area contributed by atoms with Crippen molar-refractivity contribution >= 4 is 0 Å². The van der Waals surface area contributed by atoms with Gasteiger partial charge in [0, 0.05) is 5.56 Å². The molecule has 0 amide bonds. The Morgan fingerprint density at radius 3 is 1.97 bits per heavy atom. The summed E-state index contributed by atoms with van der Waals surface area (Å²) in [5, 5.41) is 0. The molecule has 0 saturated heterocycles. The third kappa shape index (κ3) is 10.7. The van der Waals surface area contributed by atoms with Crippen molar-refractivity contribution in [2.45, 2.75) is 91.4 Å². The minimum Gasteiger partial charge on any atom is -0.494 e. The van der Waals surface area contributed by atoms with Crippen LogP contribution in [0, 0.1) is 5.92 Å². The molecule has 172 valence electrons. The van der Waals surface area contributed by atoms with Crippen LogP contribution in [0.25, 0.3) is 11.3 Å². The molecular formula is C27H42N2O2. The predicted molar refractivity (Wildman–Crippen MR) is 130 cm³/mol. The number of nitrogens with zero attached hydrogens (tertiary/aromatic N) is 2. The van der Waals surface area contributed by atoms with E-state index in [1.54, 1.807) is 12.4 Å². The lowest BCUT2D eigenvalue weighted by molar-refractivity contribution is 0.247. The Balaban J connectivity index is 1.60. The summed E-state index contributed by atoms with van der Waals surface area (Å²) >= 11 is 0. The number of benzene rings is 1. The highest BCUT2D eigenvalue weighted by Crippen LogP contribution is 2.21. The van der Waals surface area contributed by atoms with Crippen molar-refractivity contribution in [3.63, 3.8) is 0 Å². The van der Waals surface area contributed by atoms with E-state index in [2.05, 4.69) is 30.7 Å². The van der Waals surface area contributed by atoms with Gasteiger partial charge >= 0.3 is 0 Å². The Labute approximate surface area is 189 Å². The zero-order chi connectivity index (χ0) is 22.2. The van der Waals surface area contributed by atoms with Crippen molar-refractivity contribution in [3.05, 3.63) is 36.7 Å². The van der Waals surface area contributed by atoms with Gasteiger partial charge in [-0.05, 0) is 36.6 Å². The van der Waals surface area contributed by atoms with Crippen LogP contribution in [-0.4, -0.2) is 23.2 Å². The van der Waals surface area contributed by atoms with E-state index in [1.807, 2.05) is 24.3 Å². The molecule has 1 atom stereocenters. The molecule has 2 rings (SSSR count). The Morgan fingerprint density at radius 2 is 1.39 bits per heavy atom. The second-order valence-corrected chi connectivity index (χ2v) is 8.62. The lowest BCUT2D eigenvalue weighted by atomic mass is 10.1. The molecule has 0 spiro atoms. The van der Waals surface area contributed by atoms with Gasteiger partial charge in [0.2, 0.25) is 5.88 Å². The van der Waals surface area contributed by atoms with Crippen LogP contribution < -0.4 is 9.47 Å². The van der Waals surface area contributed by atoms with Crippen LogP contribution in [0.4, 0.5) is 0 Å². The Hall–Kier alpha value is -2.10. The minimum absolute atomic E-state index is 0.523. The van der Waals surface area contributed by atoms with Gasteiger partial charge in [-0.15, -0.1) is 0 Å². The van der Waals surface area contributed by atoms with E-state index >= 15 is 0 Å². The van der Waals surface area contributed by atoms with Gasteiger partial charge in [0.05, 0.1) is 31.3 Å². The summed E-state index contributed by atoms with van der Waals surface area (Å²) < 4.78 is 11.6. The van der Waals surface area contributed by atoms with E-state index in [0.29, 0.717) is 18.4 Å². The molecule has 0 radical (unpaired) electrons. The molecule has 31 heavy (non-hydrogen) atoms. The molecule has 2 aromatic rings. The molecule has 4 nitrogen and oxygen atoms in total. The number of unbranched alkanes of at least 4 members (excludes halogenated alkanes) is 9. The first kappa shape index (κ1) is 25.2. The fourth-order valence-electron chi connectivity index (χ4n) is 3.39. The van der Waals surface area contributed by atoms with Crippen LogP contribution in [0.3, 0.4) is 0 Å². The van der Waals surface area contributed by atoms with Crippen molar-refractivity contribution in [2.75, 3.05) is 13.2 Å². The quantitative estimate of drug-likeness (QED) is 0.241. The maximum absolute atomic E-state index is 5.90. The second kappa shape index (κ2) is 15.7. The molecule has 1 aromatic heterocycles. The van der Waals surface area contributed by atoms with Crippen molar-refractivity contribution in [1.82, 2.24) is 9.97 Å². The van der Waals surface area contributed by atoms with Crippen molar-refractivity contribution < 1.29 is 9.47 Å². The van der Waals surface area contributed by atoms with Gasteiger partial charge in [0.25, 0.3) is 0 Å². The smallest absolute Gasteiger partial charge is 0.232 e. The number of hydrogen-bond acceptors (Lipinski definition) is 4. The lowest BCUT2D eigenvalue weighted by Gasteiger charge is -2.10. The van der Waals surface area contributed by atoms with Gasteiger partial charge < -0.3 is 9.47 Å². The van der Waals surface area contributed by atoms with E-state index in [1.165, 1.54) is 57.8 Å². The van der Waals surface area contributed by atoms with Crippen LogP contribution in [0.2, 0.25) is 0 Å². The van der Waals surface area contributed by atoms with E-state index in [-0.39, 0.29) is 0 Å². The average Bonchev–Trinajstić information content (AvgIpc) is 2.81. The van der Waals surface area contributed by atoms with Crippen LogP contribution in [0.1, 0.15) is 91.4 Å².